The Labute approximate surface area is 179 Å². The van der Waals surface area contributed by atoms with Crippen LogP contribution in [-0.4, -0.2) is 35.6 Å². The van der Waals surface area contributed by atoms with E-state index in [0.29, 0.717) is 25.0 Å². The third-order valence-electron chi connectivity index (χ3n) is 5.86. The van der Waals surface area contributed by atoms with Crippen molar-refractivity contribution in [2.45, 2.75) is 24.9 Å². The summed E-state index contributed by atoms with van der Waals surface area (Å²) >= 11 is 0. The van der Waals surface area contributed by atoms with Gasteiger partial charge in [0.15, 0.2) is 5.58 Å². The van der Waals surface area contributed by atoms with Crippen molar-refractivity contribution in [1.82, 2.24) is 15.2 Å². The number of carbonyl (C=O) groups is 1. The lowest BCUT2D eigenvalue weighted by molar-refractivity contribution is -0.126. The number of carbonyl (C=O) groups excluding carboxylic acids is 1. The van der Waals surface area contributed by atoms with Gasteiger partial charge in [0.2, 0.25) is 5.91 Å². The summed E-state index contributed by atoms with van der Waals surface area (Å²) in [6, 6.07) is 14.8. The Morgan fingerprint density at radius 3 is 2.77 bits per heavy atom. The highest BCUT2D eigenvalue weighted by Crippen LogP contribution is 2.24. The average molecular weight is 419 g/mol. The molecule has 1 aromatic heterocycles. The van der Waals surface area contributed by atoms with E-state index in [9.17, 15) is 14.9 Å². The minimum Gasteiger partial charge on any atom is -0.408 e. The molecule has 1 saturated heterocycles. The summed E-state index contributed by atoms with van der Waals surface area (Å²) in [4.78, 5) is 24.2. The molecule has 0 aliphatic carbocycles. The summed E-state index contributed by atoms with van der Waals surface area (Å²) < 4.78 is 6.65. The maximum Gasteiger partial charge on any atom is 0.419 e. The molecule has 8 heteroatoms. The summed E-state index contributed by atoms with van der Waals surface area (Å²) in [5.74, 6) is -0.818. The second kappa shape index (κ2) is 8.76. The molecular weight excluding hydrogens is 394 g/mol. The summed E-state index contributed by atoms with van der Waals surface area (Å²) in [5.41, 5.74) is 10.2. The Bertz CT molecular complexity index is 1190. The van der Waals surface area contributed by atoms with Crippen LogP contribution in [0.3, 0.4) is 0 Å². The predicted molar refractivity (Wildman–Crippen MR) is 117 cm³/mol. The molecule has 3 aromatic rings. The molecule has 1 aliphatic heterocycles. The first kappa shape index (κ1) is 20.8. The average Bonchev–Trinajstić information content (AvgIpc) is 3.07. The number of piperidine rings is 1. The van der Waals surface area contributed by atoms with E-state index in [2.05, 4.69) is 16.7 Å². The Balaban J connectivity index is 1.45. The van der Waals surface area contributed by atoms with Crippen LogP contribution in [-0.2, 0) is 18.3 Å². The van der Waals surface area contributed by atoms with Gasteiger partial charge in [-0.1, -0.05) is 30.3 Å². The van der Waals surface area contributed by atoms with Gasteiger partial charge in [0.25, 0.3) is 0 Å². The zero-order valence-electron chi connectivity index (χ0n) is 17.3. The summed E-state index contributed by atoms with van der Waals surface area (Å²) in [6.45, 7) is 1.36. The first-order chi connectivity index (χ1) is 15.0. The molecule has 8 nitrogen and oxygen atoms in total. The second-order valence-electron chi connectivity index (χ2n) is 7.96. The molecule has 0 radical (unpaired) electrons. The highest BCUT2D eigenvalue weighted by molar-refractivity contribution is 5.81. The van der Waals surface area contributed by atoms with E-state index >= 15 is 0 Å². The fourth-order valence-electron chi connectivity index (χ4n) is 3.99. The zero-order valence-corrected chi connectivity index (χ0v) is 17.3. The number of oxazole rings is 1. The van der Waals surface area contributed by atoms with Gasteiger partial charge in [0.1, 0.15) is 6.04 Å². The quantitative estimate of drug-likeness (QED) is 0.572. The minimum atomic E-state index is -0.614. The van der Waals surface area contributed by atoms with E-state index in [4.69, 9.17) is 10.2 Å². The number of nitrogens with two attached hydrogens (primary N) is 1. The molecule has 1 unspecified atom stereocenters. The van der Waals surface area contributed by atoms with E-state index < -0.39 is 11.8 Å². The van der Waals surface area contributed by atoms with Gasteiger partial charge in [-0.25, -0.2) is 4.79 Å². The molecule has 4 rings (SSSR count). The molecular formula is C23H25N5O3. The lowest BCUT2D eigenvalue weighted by Crippen LogP contribution is -2.53. The minimum absolute atomic E-state index is 0.156. The Hall–Kier alpha value is -3.41. The Morgan fingerprint density at radius 1 is 1.32 bits per heavy atom. The number of aryl methyl sites for hydroxylation is 1. The Kier molecular flexibility index (Phi) is 5.89. The number of hydrogen-bond donors (Lipinski definition) is 3. The van der Waals surface area contributed by atoms with Crippen LogP contribution in [0.25, 0.3) is 22.2 Å². The summed E-state index contributed by atoms with van der Waals surface area (Å²) in [6.07, 6.45) is 1.09. The first-order valence-corrected chi connectivity index (χ1v) is 10.3. The zero-order chi connectivity index (χ0) is 22.0. The first-order valence-electron chi connectivity index (χ1n) is 10.3. The molecule has 1 amide bonds. The van der Waals surface area contributed by atoms with E-state index in [1.165, 1.54) is 4.57 Å². The number of aromatic nitrogens is 1. The van der Waals surface area contributed by atoms with Gasteiger partial charge in [-0.3, -0.25) is 9.36 Å². The van der Waals surface area contributed by atoms with E-state index in [1.807, 2.05) is 36.4 Å². The molecule has 2 aromatic carbocycles. The number of fused-ring (bicyclic) bond motifs is 1. The van der Waals surface area contributed by atoms with E-state index in [1.54, 1.807) is 13.1 Å². The van der Waals surface area contributed by atoms with E-state index in [0.717, 1.165) is 28.8 Å². The topological polar surface area (TPSA) is 126 Å². The maximum atomic E-state index is 12.5. The van der Waals surface area contributed by atoms with Gasteiger partial charge in [0, 0.05) is 26.1 Å². The van der Waals surface area contributed by atoms with Crippen molar-refractivity contribution in [2.75, 3.05) is 13.1 Å². The molecule has 4 N–H and O–H groups in total. The monoisotopic (exact) mass is 419 g/mol. The lowest BCUT2D eigenvalue weighted by atomic mass is 9.92. The van der Waals surface area contributed by atoms with Crippen molar-refractivity contribution in [1.29, 1.82) is 5.26 Å². The highest BCUT2D eigenvalue weighted by atomic mass is 16.4. The van der Waals surface area contributed by atoms with Gasteiger partial charge in [-0.2, -0.15) is 5.26 Å². The lowest BCUT2D eigenvalue weighted by Gasteiger charge is -2.29. The largest absolute Gasteiger partial charge is 0.419 e. The van der Waals surface area contributed by atoms with Crippen molar-refractivity contribution in [2.24, 2.45) is 18.7 Å². The van der Waals surface area contributed by atoms with Gasteiger partial charge in [0.05, 0.1) is 17.5 Å². The van der Waals surface area contributed by atoms with Crippen molar-refractivity contribution in [3.05, 3.63) is 58.6 Å². The molecule has 0 bridgehead atoms. The predicted octanol–water partition coefficient (Wildman–Crippen LogP) is 1.29. The number of nitriles is 1. The standard InChI is InChI=1S/C23H25N5O3/c1-28-20-11-16(6-7-21(20)31-23(28)30)15-4-2-14(3-5-15)10-17(12-24)27-22(29)18-8-9-26-13-19(18)25/h2-7,11,17-19,26H,8-10,13,25H2,1H3,(H,27,29)/t17?,18-,19+/m0/s1. The maximum absolute atomic E-state index is 12.5. The molecule has 3 atom stereocenters. The van der Waals surface area contributed by atoms with Crippen LogP contribution in [0.2, 0.25) is 0 Å². The fraction of sp³-hybridized carbons (Fsp3) is 0.348. The number of hydrogen-bond acceptors (Lipinski definition) is 6. The number of benzene rings is 2. The molecule has 1 aliphatic rings. The molecule has 31 heavy (non-hydrogen) atoms. The molecule has 0 saturated carbocycles. The normalized spacial score (nSPS) is 19.6. The third-order valence-corrected chi connectivity index (χ3v) is 5.86. The van der Waals surface area contributed by atoms with Crippen molar-refractivity contribution >= 4 is 17.0 Å². The number of amides is 1. The molecule has 2 heterocycles. The van der Waals surface area contributed by atoms with Crippen LogP contribution in [0, 0.1) is 17.2 Å². The van der Waals surface area contributed by atoms with Crippen molar-refractivity contribution < 1.29 is 9.21 Å². The van der Waals surface area contributed by atoms with Crippen LogP contribution >= 0.6 is 0 Å². The highest BCUT2D eigenvalue weighted by Gasteiger charge is 2.29. The van der Waals surface area contributed by atoms with Crippen molar-refractivity contribution in [3.8, 4) is 17.2 Å². The smallest absolute Gasteiger partial charge is 0.408 e. The van der Waals surface area contributed by atoms with Gasteiger partial charge in [-0.05, 0) is 41.8 Å². The van der Waals surface area contributed by atoms with Crippen LogP contribution in [0.5, 0.6) is 0 Å². The number of rotatable bonds is 5. The van der Waals surface area contributed by atoms with Gasteiger partial charge in [-0.15, -0.1) is 0 Å². The second-order valence-corrected chi connectivity index (χ2v) is 7.96. The third kappa shape index (κ3) is 4.38. The van der Waals surface area contributed by atoms with Crippen LogP contribution in [0.15, 0.2) is 51.7 Å². The van der Waals surface area contributed by atoms with E-state index in [-0.39, 0.29) is 17.9 Å². The van der Waals surface area contributed by atoms with Crippen LogP contribution in [0.4, 0.5) is 0 Å². The summed E-state index contributed by atoms with van der Waals surface area (Å²) in [5, 5.41) is 15.5. The van der Waals surface area contributed by atoms with Crippen LogP contribution in [0.1, 0.15) is 12.0 Å². The van der Waals surface area contributed by atoms with Crippen LogP contribution < -0.4 is 22.1 Å². The van der Waals surface area contributed by atoms with Gasteiger partial charge >= 0.3 is 5.76 Å². The van der Waals surface area contributed by atoms with Crippen molar-refractivity contribution in [3.63, 3.8) is 0 Å². The number of nitrogens with zero attached hydrogens (tertiary/aromatic N) is 2. The number of nitrogens with one attached hydrogen (secondary N) is 2. The fourth-order valence-corrected chi connectivity index (χ4v) is 3.99. The SMILES string of the molecule is Cn1c(=O)oc2ccc(-c3ccc(CC(C#N)NC(=O)[C@H]4CCNC[C@H]4N)cc3)cc21. The molecule has 0 spiro atoms. The molecule has 160 valence electrons. The summed E-state index contributed by atoms with van der Waals surface area (Å²) in [7, 11) is 1.67. The van der Waals surface area contributed by atoms with Gasteiger partial charge < -0.3 is 20.8 Å². The Morgan fingerprint density at radius 2 is 2.06 bits per heavy atom. The molecule has 1 fully saturated rings.